The molecule has 0 spiro atoms. The van der Waals surface area contributed by atoms with Crippen LogP contribution in [0.25, 0.3) is 0 Å². The molecule has 1 amide bonds. The number of carbonyl (C=O) groups is 1. The molecule has 0 saturated carbocycles. The Kier molecular flexibility index (Phi) is 5.67. The largest absolute Gasteiger partial charge is 0.389 e. The quantitative estimate of drug-likeness (QED) is 0.788. The number of ether oxygens (including phenoxy) is 1. The number of methoxy groups -OCH3 is 1. The van der Waals surface area contributed by atoms with E-state index in [2.05, 4.69) is 10.1 Å². The van der Waals surface area contributed by atoms with Gasteiger partial charge in [0.1, 0.15) is 11.6 Å². The number of benzene rings is 1. The Morgan fingerprint density at radius 1 is 1.50 bits per heavy atom. The van der Waals surface area contributed by atoms with Crippen molar-refractivity contribution in [2.45, 2.75) is 12.5 Å². The second kappa shape index (κ2) is 7.03. The normalized spacial score (nSPS) is 12.2. The predicted molar refractivity (Wildman–Crippen MR) is 61.0 cm³/mol. The Bertz CT molecular complexity index is 412. The van der Waals surface area contributed by atoms with Crippen LogP contribution in [-0.2, 0) is 16.0 Å². The van der Waals surface area contributed by atoms with Crippen LogP contribution in [0.3, 0.4) is 0 Å². The number of carbonyl (C=O) groups excluding carboxylic acids is 1. The molecule has 0 aliphatic heterocycles. The molecule has 0 aliphatic rings. The van der Waals surface area contributed by atoms with Crippen molar-refractivity contribution in [1.29, 1.82) is 0 Å². The van der Waals surface area contributed by atoms with Crippen LogP contribution in [-0.4, -0.2) is 37.4 Å². The van der Waals surface area contributed by atoms with Crippen LogP contribution in [0, 0.1) is 11.6 Å². The first-order chi connectivity index (χ1) is 8.52. The summed E-state index contributed by atoms with van der Waals surface area (Å²) in [7, 11) is 1.43. The first-order valence-electron chi connectivity index (χ1n) is 5.40. The Morgan fingerprint density at radius 2 is 2.22 bits per heavy atom. The Labute approximate surface area is 104 Å². The summed E-state index contributed by atoms with van der Waals surface area (Å²) >= 11 is 0. The standard InChI is InChI=1S/C12H15F2NO3/c1-18-7-10(16)6-15-12(17)4-8-2-3-9(13)5-11(8)14/h2-3,5,10,16H,4,6-7H2,1H3,(H,15,17). The highest BCUT2D eigenvalue weighted by atomic mass is 19.1. The number of nitrogens with one attached hydrogen (secondary N) is 1. The summed E-state index contributed by atoms with van der Waals surface area (Å²) in [6.45, 7) is 0.126. The number of hydrogen-bond acceptors (Lipinski definition) is 3. The summed E-state index contributed by atoms with van der Waals surface area (Å²) in [5, 5.41) is 11.7. The molecule has 0 aromatic heterocycles. The molecule has 1 atom stereocenters. The van der Waals surface area contributed by atoms with Crippen molar-refractivity contribution in [3.05, 3.63) is 35.4 Å². The first-order valence-corrected chi connectivity index (χ1v) is 5.40. The molecule has 0 radical (unpaired) electrons. The number of aliphatic hydroxyl groups excluding tert-OH is 1. The fourth-order valence-electron chi connectivity index (χ4n) is 1.38. The molecule has 0 saturated heterocycles. The lowest BCUT2D eigenvalue weighted by Crippen LogP contribution is -2.35. The molecule has 1 aromatic carbocycles. The highest BCUT2D eigenvalue weighted by molar-refractivity contribution is 5.78. The van der Waals surface area contributed by atoms with E-state index in [9.17, 15) is 18.7 Å². The molecule has 0 fully saturated rings. The lowest BCUT2D eigenvalue weighted by atomic mass is 10.1. The molecule has 4 nitrogen and oxygen atoms in total. The zero-order valence-corrected chi connectivity index (χ0v) is 9.95. The van der Waals surface area contributed by atoms with Crippen LogP contribution in [0.1, 0.15) is 5.56 Å². The SMILES string of the molecule is COCC(O)CNC(=O)Cc1ccc(F)cc1F. The highest BCUT2D eigenvalue weighted by Gasteiger charge is 2.10. The summed E-state index contributed by atoms with van der Waals surface area (Å²) in [6.07, 6.45) is -1.01. The van der Waals surface area contributed by atoms with E-state index >= 15 is 0 Å². The number of halogens is 2. The summed E-state index contributed by atoms with van der Waals surface area (Å²) in [5.74, 6) is -1.90. The van der Waals surface area contributed by atoms with Gasteiger partial charge in [0.05, 0.1) is 19.1 Å². The van der Waals surface area contributed by atoms with Gasteiger partial charge in [-0.15, -0.1) is 0 Å². The molecule has 100 valence electrons. The van der Waals surface area contributed by atoms with E-state index in [0.29, 0.717) is 0 Å². The van der Waals surface area contributed by atoms with Crippen LogP contribution in [0.2, 0.25) is 0 Å². The smallest absolute Gasteiger partial charge is 0.224 e. The molecule has 0 bridgehead atoms. The third-order valence-electron chi connectivity index (χ3n) is 2.26. The molecule has 1 unspecified atom stereocenters. The third kappa shape index (κ3) is 4.77. The maximum Gasteiger partial charge on any atom is 0.224 e. The van der Waals surface area contributed by atoms with Gasteiger partial charge in [0.25, 0.3) is 0 Å². The zero-order chi connectivity index (χ0) is 13.5. The Balaban J connectivity index is 2.44. The molecule has 2 N–H and O–H groups in total. The van der Waals surface area contributed by atoms with Gasteiger partial charge in [-0.1, -0.05) is 6.07 Å². The predicted octanol–water partition coefficient (Wildman–Crippen LogP) is 0.631. The lowest BCUT2D eigenvalue weighted by molar-refractivity contribution is -0.121. The molecular formula is C12H15F2NO3. The van der Waals surface area contributed by atoms with Gasteiger partial charge in [-0.3, -0.25) is 4.79 Å². The van der Waals surface area contributed by atoms with Crippen LogP contribution in [0.15, 0.2) is 18.2 Å². The van der Waals surface area contributed by atoms with Gasteiger partial charge in [-0.2, -0.15) is 0 Å². The van der Waals surface area contributed by atoms with E-state index in [1.807, 2.05) is 0 Å². The van der Waals surface area contributed by atoms with Gasteiger partial charge in [-0.05, 0) is 11.6 Å². The second-order valence-corrected chi connectivity index (χ2v) is 3.83. The minimum Gasteiger partial charge on any atom is -0.389 e. The fourth-order valence-corrected chi connectivity index (χ4v) is 1.38. The van der Waals surface area contributed by atoms with Crippen molar-refractivity contribution < 1.29 is 23.4 Å². The van der Waals surface area contributed by atoms with Crippen LogP contribution >= 0.6 is 0 Å². The van der Waals surface area contributed by atoms with Gasteiger partial charge in [0.15, 0.2) is 0 Å². The van der Waals surface area contributed by atoms with Gasteiger partial charge in [0.2, 0.25) is 5.91 Å². The summed E-state index contributed by atoms with van der Waals surface area (Å²) in [5.41, 5.74) is 0.107. The van der Waals surface area contributed by atoms with Crippen molar-refractivity contribution in [3.8, 4) is 0 Å². The topological polar surface area (TPSA) is 58.6 Å². The van der Waals surface area contributed by atoms with Crippen LogP contribution in [0.5, 0.6) is 0 Å². The number of rotatable bonds is 6. The summed E-state index contributed by atoms with van der Waals surface area (Å²) < 4.78 is 30.6. The Hall–Kier alpha value is -1.53. The summed E-state index contributed by atoms with van der Waals surface area (Å²) in [6, 6.07) is 3.03. The number of hydrogen-bond donors (Lipinski definition) is 2. The maximum absolute atomic E-state index is 13.2. The van der Waals surface area contributed by atoms with E-state index in [1.54, 1.807) is 0 Å². The highest BCUT2D eigenvalue weighted by Crippen LogP contribution is 2.09. The minimum absolute atomic E-state index is 0.0233. The molecule has 6 heteroatoms. The second-order valence-electron chi connectivity index (χ2n) is 3.83. The maximum atomic E-state index is 13.2. The lowest BCUT2D eigenvalue weighted by Gasteiger charge is -2.11. The minimum atomic E-state index is -0.808. The number of amides is 1. The third-order valence-corrected chi connectivity index (χ3v) is 2.26. The molecule has 1 aromatic rings. The number of aliphatic hydroxyl groups is 1. The monoisotopic (exact) mass is 259 g/mol. The van der Waals surface area contributed by atoms with E-state index in [-0.39, 0.29) is 25.1 Å². The molecule has 0 aliphatic carbocycles. The van der Waals surface area contributed by atoms with Crippen LogP contribution in [0.4, 0.5) is 8.78 Å². The van der Waals surface area contributed by atoms with E-state index in [0.717, 1.165) is 12.1 Å². The Morgan fingerprint density at radius 3 is 2.83 bits per heavy atom. The van der Waals surface area contributed by atoms with E-state index in [4.69, 9.17) is 0 Å². The first kappa shape index (κ1) is 14.5. The zero-order valence-electron chi connectivity index (χ0n) is 9.95. The van der Waals surface area contributed by atoms with E-state index in [1.165, 1.54) is 13.2 Å². The van der Waals surface area contributed by atoms with Gasteiger partial charge < -0.3 is 15.2 Å². The molecular weight excluding hydrogens is 244 g/mol. The van der Waals surface area contributed by atoms with Gasteiger partial charge in [0, 0.05) is 19.7 Å². The van der Waals surface area contributed by atoms with Gasteiger partial charge in [-0.25, -0.2) is 8.78 Å². The van der Waals surface area contributed by atoms with Crippen molar-refractivity contribution >= 4 is 5.91 Å². The van der Waals surface area contributed by atoms with Crippen molar-refractivity contribution in [1.82, 2.24) is 5.32 Å². The van der Waals surface area contributed by atoms with Crippen molar-refractivity contribution in [2.24, 2.45) is 0 Å². The van der Waals surface area contributed by atoms with Crippen molar-refractivity contribution in [3.63, 3.8) is 0 Å². The van der Waals surface area contributed by atoms with Crippen LogP contribution < -0.4 is 5.32 Å². The molecule has 18 heavy (non-hydrogen) atoms. The molecule has 1 rings (SSSR count). The van der Waals surface area contributed by atoms with Gasteiger partial charge >= 0.3 is 0 Å². The van der Waals surface area contributed by atoms with Crippen molar-refractivity contribution in [2.75, 3.05) is 20.3 Å². The average molecular weight is 259 g/mol. The molecule has 0 heterocycles. The summed E-state index contributed by atoms with van der Waals surface area (Å²) in [4.78, 5) is 11.4. The fraction of sp³-hybridized carbons (Fsp3) is 0.417. The van der Waals surface area contributed by atoms with E-state index < -0.39 is 23.6 Å². The average Bonchev–Trinajstić information content (AvgIpc) is 2.31.